The third-order valence-electron chi connectivity index (χ3n) is 2.85. The zero-order chi connectivity index (χ0) is 13.8. The lowest BCUT2D eigenvalue weighted by Gasteiger charge is -2.12. The van der Waals surface area contributed by atoms with Crippen LogP contribution in [0.4, 0.5) is 17.3 Å². The zero-order valence-corrected chi connectivity index (χ0v) is 11.3. The molecule has 0 bridgehead atoms. The highest BCUT2D eigenvalue weighted by molar-refractivity contribution is 5.68. The van der Waals surface area contributed by atoms with E-state index in [1.165, 1.54) is 11.9 Å². The summed E-state index contributed by atoms with van der Waals surface area (Å²) in [6, 6.07) is 8.17. The molecule has 2 rings (SSSR count). The SMILES string of the molecule is COc1c(N)ncnc1Nc1cccc(C(C)C)c1. The van der Waals surface area contributed by atoms with Gasteiger partial charge in [-0.1, -0.05) is 26.0 Å². The molecular weight excluding hydrogens is 240 g/mol. The van der Waals surface area contributed by atoms with Gasteiger partial charge in [-0.05, 0) is 23.6 Å². The van der Waals surface area contributed by atoms with E-state index in [2.05, 4.69) is 41.3 Å². The highest BCUT2D eigenvalue weighted by Crippen LogP contribution is 2.29. The largest absolute Gasteiger partial charge is 0.490 e. The van der Waals surface area contributed by atoms with Crippen LogP contribution >= 0.6 is 0 Å². The number of methoxy groups -OCH3 is 1. The molecule has 5 nitrogen and oxygen atoms in total. The normalized spacial score (nSPS) is 10.5. The summed E-state index contributed by atoms with van der Waals surface area (Å²) >= 11 is 0. The van der Waals surface area contributed by atoms with Crippen molar-refractivity contribution in [1.82, 2.24) is 9.97 Å². The molecular formula is C14H18N4O. The number of anilines is 3. The predicted octanol–water partition coefficient (Wildman–Crippen LogP) is 2.93. The van der Waals surface area contributed by atoms with Crippen molar-refractivity contribution in [2.24, 2.45) is 0 Å². The van der Waals surface area contributed by atoms with Crippen LogP contribution in [0.3, 0.4) is 0 Å². The molecule has 0 aliphatic heterocycles. The number of nitrogen functional groups attached to an aromatic ring is 1. The van der Waals surface area contributed by atoms with Crippen LogP contribution in [0.25, 0.3) is 0 Å². The van der Waals surface area contributed by atoms with E-state index in [1.54, 1.807) is 7.11 Å². The highest BCUT2D eigenvalue weighted by atomic mass is 16.5. The van der Waals surface area contributed by atoms with Crippen LogP contribution in [-0.4, -0.2) is 17.1 Å². The maximum atomic E-state index is 5.75. The summed E-state index contributed by atoms with van der Waals surface area (Å²) < 4.78 is 5.21. The first-order valence-electron chi connectivity index (χ1n) is 6.13. The van der Waals surface area contributed by atoms with E-state index in [0.29, 0.717) is 23.3 Å². The summed E-state index contributed by atoms with van der Waals surface area (Å²) in [4.78, 5) is 8.05. The van der Waals surface area contributed by atoms with Crippen molar-refractivity contribution < 1.29 is 4.74 Å². The number of hydrogen-bond donors (Lipinski definition) is 2. The monoisotopic (exact) mass is 258 g/mol. The van der Waals surface area contributed by atoms with Crippen molar-refractivity contribution in [1.29, 1.82) is 0 Å². The number of aromatic nitrogens is 2. The van der Waals surface area contributed by atoms with Gasteiger partial charge in [-0.15, -0.1) is 0 Å². The fourth-order valence-corrected chi connectivity index (χ4v) is 1.79. The van der Waals surface area contributed by atoms with Gasteiger partial charge >= 0.3 is 0 Å². The smallest absolute Gasteiger partial charge is 0.204 e. The number of hydrogen-bond acceptors (Lipinski definition) is 5. The molecule has 0 amide bonds. The van der Waals surface area contributed by atoms with Crippen LogP contribution in [-0.2, 0) is 0 Å². The Bertz CT molecular complexity index is 569. The fourth-order valence-electron chi connectivity index (χ4n) is 1.79. The van der Waals surface area contributed by atoms with Gasteiger partial charge in [0.15, 0.2) is 11.6 Å². The lowest BCUT2D eigenvalue weighted by Crippen LogP contribution is -2.03. The minimum absolute atomic E-state index is 0.319. The van der Waals surface area contributed by atoms with E-state index < -0.39 is 0 Å². The number of rotatable bonds is 4. The molecule has 0 radical (unpaired) electrons. The molecule has 0 aliphatic carbocycles. The molecule has 5 heteroatoms. The molecule has 0 unspecified atom stereocenters. The number of nitrogens with zero attached hydrogens (tertiary/aromatic N) is 2. The van der Waals surface area contributed by atoms with Gasteiger partial charge < -0.3 is 15.8 Å². The number of ether oxygens (including phenoxy) is 1. The van der Waals surface area contributed by atoms with Crippen LogP contribution in [0.15, 0.2) is 30.6 Å². The number of nitrogens with one attached hydrogen (secondary N) is 1. The Hall–Kier alpha value is -2.30. The minimum atomic E-state index is 0.319. The standard InChI is InChI=1S/C14H18N4O/c1-9(2)10-5-4-6-11(7-10)18-14-12(19-3)13(15)16-8-17-14/h4-9H,1-3H3,(H3,15,16,17,18). The molecule has 1 aromatic heterocycles. The third kappa shape index (κ3) is 2.93. The average Bonchev–Trinajstić information content (AvgIpc) is 2.39. The Morgan fingerprint density at radius 1 is 1.26 bits per heavy atom. The highest BCUT2D eigenvalue weighted by Gasteiger charge is 2.10. The first-order chi connectivity index (χ1) is 9.11. The summed E-state index contributed by atoms with van der Waals surface area (Å²) in [5.74, 6) is 1.81. The van der Waals surface area contributed by atoms with E-state index in [4.69, 9.17) is 10.5 Å². The topological polar surface area (TPSA) is 73.1 Å². The van der Waals surface area contributed by atoms with Crippen LogP contribution in [0.1, 0.15) is 25.3 Å². The Morgan fingerprint density at radius 2 is 2.05 bits per heavy atom. The second-order valence-electron chi connectivity index (χ2n) is 4.55. The zero-order valence-electron chi connectivity index (χ0n) is 11.3. The number of nitrogens with two attached hydrogens (primary N) is 1. The fraction of sp³-hybridized carbons (Fsp3) is 0.286. The molecule has 3 N–H and O–H groups in total. The molecule has 0 saturated carbocycles. The Morgan fingerprint density at radius 3 is 2.74 bits per heavy atom. The van der Waals surface area contributed by atoms with Gasteiger partial charge in [0.05, 0.1) is 7.11 Å². The number of benzene rings is 1. The average molecular weight is 258 g/mol. The van der Waals surface area contributed by atoms with E-state index in [9.17, 15) is 0 Å². The summed E-state index contributed by atoms with van der Waals surface area (Å²) in [6.45, 7) is 4.31. The summed E-state index contributed by atoms with van der Waals surface area (Å²) in [6.07, 6.45) is 1.41. The van der Waals surface area contributed by atoms with Gasteiger partial charge in [0.25, 0.3) is 0 Å². The summed E-state index contributed by atoms with van der Waals surface area (Å²) in [7, 11) is 1.55. The lowest BCUT2D eigenvalue weighted by atomic mass is 10.0. The first-order valence-corrected chi connectivity index (χ1v) is 6.13. The van der Waals surface area contributed by atoms with Crippen molar-refractivity contribution in [2.75, 3.05) is 18.2 Å². The van der Waals surface area contributed by atoms with Crippen LogP contribution in [0, 0.1) is 0 Å². The first kappa shape index (κ1) is 13.1. The molecule has 1 heterocycles. The molecule has 0 saturated heterocycles. The summed E-state index contributed by atoms with van der Waals surface area (Å²) in [5.41, 5.74) is 7.95. The van der Waals surface area contributed by atoms with E-state index >= 15 is 0 Å². The van der Waals surface area contributed by atoms with Gasteiger partial charge in [0.2, 0.25) is 5.75 Å². The Balaban J connectivity index is 2.31. The molecule has 0 fully saturated rings. The molecule has 19 heavy (non-hydrogen) atoms. The van der Waals surface area contributed by atoms with Gasteiger partial charge in [-0.3, -0.25) is 0 Å². The minimum Gasteiger partial charge on any atom is -0.490 e. The molecule has 0 aliphatic rings. The van der Waals surface area contributed by atoms with Crippen molar-refractivity contribution in [3.05, 3.63) is 36.2 Å². The van der Waals surface area contributed by atoms with Crippen molar-refractivity contribution in [3.63, 3.8) is 0 Å². The molecule has 0 atom stereocenters. The van der Waals surface area contributed by atoms with E-state index in [0.717, 1.165) is 5.69 Å². The van der Waals surface area contributed by atoms with Crippen molar-refractivity contribution in [2.45, 2.75) is 19.8 Å². The van der Waals surface area contributed by atoms with Gasteiger partial charge in [0, 0.05) is 5.69 Å². The van der Waals surface area contributed by atoms with Gasteiger partial charge in [-0.25, -0.2) is 9.97 Å². The van der Waals surface area contributed by atoms with E-state index in [1.807, 2.05) is 12.1 Å². The predicted molar refractivity (Wildman–Crippen MR) is 76.8 cm³/mol. The molecule has 100 valence electrons. The van der Waals surface area contributed by atoms with Crippen molar-refractivity contribution in [3.8, 4) is 5.75 Å². The summed E-state index contributed by atoms with van der Waals surface area (Å²) in [5, 5.41) is 3.20. The lowest BCUT2D eigenvalue weighted by molar-refractivity contribution is 0.415. The van der Waals surface area contributed by atoms with Gasteiger partial charge in [-0.2, -0.15) is 0 Å². The maximum Gasteiger partial charge on any atom is 0.204 e. The van der Waals surface area contributed by atoms with Crippen LogP contribution in [0.5, 0.6) is 5.75 Å². The molecule has 1 aromatic carbocycles. The van der Waals surface area contributed by atoms with E-state index in [-0.39, 0.29) is 0 Å². The maximum absolute atomic E-state index is 5.75. The van der Waals surface area contributed by atoms with Gasteiger partial charge in [0.1, 0.15) is 6.33 Å². The van der Waals surface area contributed by atoms with Crippen LogP contribution in [0.2, 0.25) is 0 Å². The third-order valence-corrected chi connectivity index (χ3v) is 2.85. The Kier molecular flexibility index (Phi) is 3.85. The van der Waals surface area contributed by atoms with Crippen LogP contribution < -0.4 is 15.8 Å². The quantitative estimate of drug-likeness (QED) is 0.882. The van der Waals surface area contributed by atoms with Crippen molar-refractivity contribution >= 4 is 17.3 Å². The Labute approximate surface area is 112 Å². The second kappa shape index (κ2) is 5.56. The molecule has 0 spiro atoms. The second-order valence-corrected chi connectivity index (χ2v) is 4.55. The molecule has 2 aromatic rings.